The normalized spacial score (nSPS) is 16.7. The van der Waals surface area contributed by atoms with Crippen molar-refractivity contribution in [3.05, 3.63) is 36.4 Å². The van der Waals surface area contributed by atoms with E-state index < -0.39 is 7.82 Å². The fourth-order valence-electron chi connectivity index (χ4n) is 4.76. The average Bonchev–Trinajstić information content (AvgIpc) is 2.96. The van der Waals surface area contributed by atoms with Gasteiger partial charge >= 0.3 is 0 Å². The van der Waals surface area contributed by atoms with Crippen LogP contribution in [0.2, 0.25) is 0 Å². The Morgan fingerprint density at radius 2 is 1.54 bits per heavy atom. The highest BCUT2D eigenvalue weighted by Gasteiger charge is 2.17. The quantitative estimate of drug-likeness (QED) is 0.351. The second-order valence-electron chi connectivity index (χ2n) is 9.79. The molecule has 14 heteroatoms. The van der Waals surface area contributed by atoms with E-state index in [4.69, 9.17) is 43.4 Å². The van der Waals surface area contributed by atoms with E-state index in [2.05, 4.69) is 51.3 Å². The van der Waals surface area contributed by atoms with Gasteiger partial charge in [-0.05, 0) is 37.4 Å². The molecule has 0 bridgehead atoms. The molecule has 0 atom stereocenters. The molecule has 0 unspecified atom stereocenters. The molecule has 0 amide bonds. The number of methoxy groups -OCH3 is 2. The molecule has 2 aromatic carbocycles. The van der Waals surface area contributed by atoms with Gasteiger partial charge in [0.25, 0.3) is 0 Å². The van der Waals surface area contributed by atoms with E-state index >= 15 is 0 Å². The van der Waals surface area contributed by atoms with E-state index in [1.54, 1.807) is 14.2 Å². The standard InChI is InChI=1S/C27H36N6O3.H3O4P/c1-31-10-12-33(13-11-31)21-6-4-20(5-7-21)26-29-23-19-25(35-3)24(34-2)18-22(23)27(30-26)28-8-9-32-14-16-36-17-15-32;1-5(2,3)4/h4-7,18-19H,8-17H2,1-3H3,(H,28,29,30);(H3,1,2,3,4)/p-3. The van der Waals surface area contributed by atoms with Crippen molar-refractivity contribution in [2.75, 3.05) is 97.1 Å². The Kier molecular flexibility index (Phi) is 10.7. The van der Waals surface area contributed by atoms with Gasteiger partial charge < -0.3 is 48.6 Å². The second-order valence-corrected chi connectivity index (χ2v) is 10.7. The van der Waals surface area contributed by atoms with Crippen molar-refractivity contribution in [3.8, 4) is 22.9 Å². The molecule has 13 nitrogen and oxygen atoms in total. The van der Waals surface area contributed by atoms with Crippen LogP contribution in [0, 0.1) is 0 Å². The van der Waals surface area contributed by atoms with Gasteiger partial charge in [-0.15, -0.1) is 0 Å². The Labute approximate surface area is 239 Å². The highest BCUT2D eigenvalue weighted by atomic mass is 31.2. The fourth-order valence-corrected chi connectivity index (χ4v) is 4.76. The van der Waals surface area contributed by atoms with E-state index in [9.17, 15) is 0 Å². The fraction of sp³-hybridized carbons (Fsp3) is 0.481. The van der Waals surface area contributed by atoms with Crippen molar-refractivity contribution in [1.82, 2.24) is 19.8 Å². The number of rotatable bonds is 8. The first kappa shape index (κ1) is 30.9. The summed E-state index contributed by atoms with van der Waals surface area (Å²) < 4.78 is 25.1. The molecule has 3 aromatic rings. The van der Waals surface area contributed by atoms with Crippen LogP contribution in [0.3, 0.4) is 0 Å². The minimum atomic E-state index is -5.39. The van der Waals surface area contributed by atoms with E-state index in [-0.39, 0.29) is 0 Å². The number of hydrogen-bond acceptors (Lipinski definition) is 13. The van der Waals surface area contributed by atoms with Crippen LogP contribution in [0.5, 0.6) is 11.5 Å². The molecule has 0 spiro atoms. The Balaban J connectivity index is 0.000000714. The first-order chi connectivity index (χ1) is 19.6. The zero-order valence-electron chi connectivity index (χ0n) is 23.6. The predicted molar refractivity (Wildman–Crippen MR) is 151 cm³/mol. The van der Waals surface area contributed by atoms with Crippen molar-refractivity contribution < 1.29 is 33.5 Å². The molecule has 224 valence electrons. The van der Waals surface area contributed by atoms with Crippen LogP contribution in [-0.4, -0.2) is 107 Å². The number of hydrogen-bond donors (Lipinski definition) is 1. The molecular formula is C27H36N6O7P-3. The summed E-state index contributed by atoms with van der Waals surface area (Å²) in [4.78, 5) is 42.7. The maximum absolute atomic E-state index is 8.55. The maximum Gasteiger partial charge on any atom is 0.162 e. The molecule has 41 heavy (non-hydrogen) atoms. The Hall–Kier alpha value is -3.03. The first-order valence-electron chi connectivity index (χ1n) is 13.4. The summed E-state index contributed by atoms with van der Waals surface area (Å²) in [5, 5.41) is 4.47. The van der Waals surface area contributed by atoms with Crippen molar-refractivity contribution in [2.24, 2.45) is 0 Å². The third kappa shape index (κ3) is 8.98. The summed E-state index contributed by atoms with van der Waals surface area (Å²) in [6.07, 6.45) is 0. The van der Waals surface area contributed by atoms with Crippen LogP contribution in [0.25, 0.3) is 22.3 Å². The maximum atomic E-state index is 8.55. The number of morpholine rings is 1. The number of nitrogens with zero attached hydrogens (tertiary/aromatic N) is 5. The predicted octanol–water partition coefficient (Wildman–Crippen LogP) is -0.0147. The molecule has 5 rings (SSSR count). The van der Waals surface area contributed by atoms with Crippen LogP contribution in [-0.2, 0) is 9.30 Å². The van der Waals surface area contributed by atoms with Crippen LogP contribution in [0.15, 0.2) is 36.4 Å². The first-order valence-corrected chi connectivity index (χ1v) is 14.9. The molecule has 0 radical (unpaired) electrons. The van der Waals surface area contributed by atoms with Gasteiger partial charge in [0.05, 0.1) is 33.0 Å². The third-order valence-electron chi connectivity index (χ3n) is 7.02. The Morgan fingerprint density at radius 3 is 2.15 bits per heavy atom. The topological polar surface area (TPSA) is 161 Å². The van der Waals surface area contributed by atoms with Gasteiger partial charge in [0.1, 0.15) is 5.82 Å². The minimum Gasteiger partial charge on any atom is -0.822 e. The molecule has 2 aliphatic heterocycles. The summed E-state index contributed by atoms with van der Waals surface area (Å²) in [5.41, 5.74) is 3.04. The smallest absolute Gasteiger partial charge is 0.162 e. The molecule has 0 aliphatic carbocycles. The number of anilines is 2. The Bertz CT molecular complexity index is 1320. The molecule has 2 aliphatic rings. The molecule has 1 aromatic heterocycles. The lowest BCUT2D eigenvalue weighted by molar-refractivity contribution is -0.432. The van der Waals surface area contributed by atoms with Gasteiger partial charge in [0, 0.05) is 75.1 Å². The minimum absolute atomic E-state index is 0.652. The van der Waals surface area contributed by atoms with Crippen LogP contribution in [0.1, 0.15) is 0 Å². The van der Waals surface area contributed by atoms with Crippen molar-refractivity contribution in [1.29, 1.82) is 0 Å². The molecule has 2 saturated heterocycles. The SMILES string of the molecule is COc1cc2nc(-c3ccc(N4CCN(C)CC4)cc3)nc(NCCN3CCOCC3)c2cc1OC.O=P([O-])([O-])[O-]. The highest BCUT2D eigenvalue weighted by molar-refractivity contribution is 7.40. The van der Waals surface area contributed by atoms with Crippen molar-refractivity contribution >= 4 is 30.2 Å². The van der Waals surface area contributed by atoms with Gasteiger partial charge in [-0.2, -0.15) is 7.82 Å². The van der Waals surface area contributed by atoms with Gasteiger partial charge in [-0.3, -0.25) is 4.90 Å². The number of fused-ring (bicyclic) bond motifs is 1. The van der Waals surface area contributed by atoms with Crippen LogP contribution >= 0.6 is 7.82 Å². The molecule has 0 saturated carbocycles. The van der Waals surface area contributed by atoms with Crippen molar-refractivity contribution in [3.63, 3.8) is 0 Å². The number of ether oxygens (including phenoxy) is 3. The van der Waals surface area contributed by atoms with Gasteiger partial charge in [-0.25, -0.2) is 9.97 Å². The van der Waals surface area contributed by atoms with E-state index in [1.807, 2.05) is 12.1 Å². The van der Waals surface area contributed by atoms with E-state index in [0.29, 0.717) is 17.3 Å². The summed E-state index contributed by atoms with van der Waals surface area (Å²) in [6, 6.07) is 12.5. The number of benzene rings is 2. The lowest BCUT2D eigenvalue weighted by Crippen LogP contribution is -2.44. The number of phosphoric acid groups is 1. The highest BCUT2D eigenvalue weighted by Crippen LogP contribution is 2.35. The van der Waals surface area contributed by atoms with Gasteiger partial charge in [0.15, 0.2) is 17.3 Å². The summed E-state index contributed by atoms with van der Waals surface area (Å²) in [6.45, 7) is 9.47. The number of aromatic nitrogens is 2. The monoisotopic (exact) mass is 587 g/mol. The summed E-state index contributed by atoms with van der Waals surface area (Å²) in [5.74, 6) is 2.80. The Morgan fingerprint density at radius 1 is 0.927 bits per heavy atom. The number of nitrogens with one attached hydrogen (secondary N) is 1. The van der Waals surface area contributed by atoms with Gasteiger partial charge in [0.2, 0.25) is 0 Å². The van der Waals surface area contributed by atoms with Crippen molar-refractivity contribution in [2.45, 2.75) is 0 Å². The molecule has 3 heterocycles. The molecular weight excluding hydrogens is 551 g/mol. The van der Waals surface area contributed by atoms with Gasteiger partial charge in [-0.1, -0.05) is 0 Å². The zero-order chi connectivity index (χ0) is 29.4. The van der Waals surface area contributed by atoms with Crippen LogP contribution < -0.4 is 34.4 Å². The molecule has 1 N–H and O–H groups in total. The number of piperazine rings is 1. The van der Waals surface area contributed by atoms with E-state index in [0.717, 1.165) is 87.9 Å². The second kappa shape index (κ2) is 14.2. The third-order valence-corrected chi connectivity index (χ3v) is 7.02. The summed E-state index contributed by atoms with van der Waals surface area (Å²) in [7, 11) is 0.0748. The lowest BCUT2D eigenvalue weighted by Gasteiger charge is -2.36. The number of likely N-dealkylation sites (N-methyl/N-ethyl adjacent to an activating group) is 1. The zero-order valence-corrected chi connectivity index (χ0v) is 24.5. The van der Waals surface area contributed by atoms with Crippen LogP contribution in [0.4, 0.5) is 11.5 Å². The largest absolute Gasteiger partial charge is 0.822 e. The molecule has 2 fully saturated rings. The summed E-state index contributed by atoms with van der Waals surface area (Å²) >= 11 is 0. The lowest BCUT2D eigenvalue weighted by atomic mass is 10.1. The van der Waals surface area contributed by atoms with E-state index in [1.165, 1.54) is 5.69 Å². The average molecular weight is 588 g/mol.